The Labute approximate surface area is 132 Å². The first-order valence-electron chi connectivity index (χ1n) is 7.27. The van der Waals surface area contributed by atoms with Crippen LogP contribution in [0.15, 0.2) is 34.3 Å². The lowest BCUT2D eigenvalue weighted by molar-refractivity contribution is -0.125. The van der Waals surface area contributed by atoms with Crippen LogP contribution in [-0.2, 0) is 10.4 Å². The van der Waals surface area contributed by atoms with Crippen molar-refractivity contribution in [1.82, 2.24) is 5.32 Å². The molecule has 0 saturated heterocycles. The molecule has 2 aromatic heterocycles. The van der Waals surface area contributed by atoms with Crippen LogP contribution >= 0.6 is 22.7 Å². The molecule has 0 aromatic carbocycles. The fraction of sp³-hybridized carbons (Fsp3) is 0.438. The molecule has 1 unspecified atom stereocenters. The number of thiophene rings is 2. The van der Waals surface area contributed by atoms with E-state index in [2.05, 4.69) is 5.32 Å². The molecule has 1 saturated carbocycles. The van der Waals surface area contributed by atoms with E-state index in [1.165, 1.54) is 11.3 Å². The largest absolute Gasteiger partial charge is 0.378 e. The first-order valence-corrected chi connectivity index (χ1v) is 9.09. The highest BCUT2D eigenvalue weighted by molar-refractivity contribution is 7.10. The van der Waals surface area contributed by atoms with Gasteiger partial charge in [-0.3, -0.25) is 4.79 Å². The van der Waals surface area contributed by atoms with Crippen LogP contribution < -0.4 is 5.32 Å². The Balaban J connectivity index is 1.76. The van der Waals surface area contributed by atoms with E-state index >= 15 is 0 Å². The minimum Gasteiger partial charge on any atom is -0.378 e. The van der Waals surface area contributed by atoms with Gasteiger partial charge in [0, 0.05) is 16.4 Å². The van der Waals surface area contributed by atoms with Gasteiger partial charge in [0.2, 0.25) is 5.91 Å². The molecule has 1 atom stereocenters. The molecular formula is C16H19NO2S2. The predicted molar refractivity (Wildman–Crippen MR) is 86.6 cm³/mol. The molecule has 0 spiro atoms. The summed E-state index contributed by atoms with van der Waals surface area (Å²) in [7, 11) is 0. The van der Waals surface area contributed by atoms with Crippen LogP contribution in [0.4, 0.5) is 0 Å². The zero-order chi connectivity index (χ0) is 14.7. The Hall–Kier alpha value is -1.17. The molecule has 0 bridgehead atoms. The van der Waals surface area contributed by atoms with Crippen molar-refractivity contribution in [2.24, 2.45) is 5.92 Å². The molecule has 1 aliphatic carbocycles. The molecule has 1 amide bonds. The third-order valence-corrected chi connectivity index (χ3v) is 5.88. The molecule has 1 fully saturated rings. The van der Waals surface area contributed by atoms with Crippen LogP contribution in [0.3, 0.4) is 0 Å². The quantitative estimate of drug-likeness (QED) is 0.887. The summed E-state index contributed by atoms with van der Waals surface area (Å²) in [6.07, 6.45) is 4.22. The van der Waals surface area contributed by atoms with Gasteiger partial charge in [0.25, 0.3) is 0 Å². The number of aliphatic hydroxyl groups is 1. The van der Waals surface area contributed by atoms with Crippen molar-refractivity contribution < 1.29 is 9.90 Å². The van der Waals surface area contributed by atoms with Crippen LogP contribution in [0.2, 0.25) is 0 Å². The molecule has 5 heteroatoms. The summed E-state index contributed by atoms with van der Waals surface area (Å²) in [6, 6.07) is 5.77. The highest BCUT2D eigenvalue weighted by Gasteiger charge is 2.34. The van der Waals surface area contributed by atoms with Gasteiger partial charge in [-0.25, -0.2) is 0 Å². The number of carbonyl (C=O) groups excluding carboxylic acids is 1. The van der Waals surface area contributed by atoms with Crippen LogP contribution in [-0.4, -0.2) is 17.6 Å². The second-order valence-electron chi connectivity index (χ2n) is 5.55. The zero-order valence-electron chi connectivity index (χ0n) is 11.7. The van der Waals surface area contributed by atoms with Crippen molar-refractivity contribution in [3.05, 3.63) is 44.8 Å². The lowest BCUT2D eigenvalue weighted by atomic mass is 9.94. The smallest absolute Gasteiger partial charge is 0.223 e. The summed E-state index contributed by atoms with van der Waals surface area (Å²) in [6.45, 7) is 0.236. The van der Waals surface area contributed by atoms with E-state index in [1.54, 1.807) is 11.3 Å². The Morgan fingerprint density at radius 1 is 1.33 bits per heavy atom. The fourth-order valence-corrected chi connectivity index (χ4v) is 4.46. The second-order valence-corrected chi connectivity index (χ2v) is 7.28. The fourth-order valence-electron chi connectivity index (χ4n) is 2.89. The third-order valence-electron chi connectivity index (χ3n) is 4.17. The molecule has 3 rings (SSSR count). The maximum atomic E-state index is 12.2. The standard InChI is InChI=1S/C16H19NO2S2/c18-15(12-4-1-2-5-12)17-11-16(19,13-7-9-20-10-13)14-6-3-8-21-14/h3,6-10,12,19H,1-2,4-5,11H2,(H,17,18). The highest BCUT2D eigenvalue weighted by atomic mass is 32.1. The number of carbonyl (C=O) groups is 1. The van der Waals surface area contributed by atoms with Gasteiger partial charge in [0.1, 0.15) is 5.60 Å². The maximum Gasteiger partial charge on any atom is 0.223 e. The summed E-state index contributed by atoms with van der Waals surface area (Å²) >= 11 is 3.07. The third kappa shape index (κ3) is 3.05. The van der Waals surface area contributed by atoms with Gasteiger partial charge < -0.3 is 10.4 Å². The summed E-state index contributed by atoms with van der Waals surface area (Å²) in [4.78, 5) is 13.1. The second kappa shape index (κ2) is 6.30. The summed E-state index contributed by atoms with van der Waals surface area (Å²) in [5.74, 6) is 0.206. The normalized spacial score (nSPS) is 18.5. The van der Waals surface area contributed by atoms with Crippen LogP contribution in [0.5, 0.6) is 0 Å². The van der Waals surface area contributed by atoms with Gasteiger partial charge in [0.05, 0.1) is 6.54 Å². The van der Waals surface area contributed by atoms with Gasteiger partial charge in [0.15, 0.2) is 0 Å². The van der Waals surface area contributed by atoms with E-state index in [0.717, 1.165) is 36.1 Å². The van der Waals surface area contributed by atoms with Crippen LogP contribution in [0, 0.1) is 5.92 Å². The minimum absolute atomic E-state index is 0.0812. The molecular weight excluding hydrogens is 302 g/mol. The SMILES string of the molecule is O=C(NCC(O)(c1ccsc1)c1cccs1)C1CCCC1. The molecule has 112 valence electrons. The van der Waals surface area contributed by atoms with E-state index < -0.39 is 5.60 Å². The van der Waals surface area contributed by atoms with E-state index in [9.17, 15) is 9.90 Å². The van der Waals surface area contributed by atoms with Crippen LogP contribution in [0.25, 0.3) is 0 Å². The average Bonchev–Trinajstić information content (AvgIpc) is 3.27. The minimum atomic E-state index is -1.12. The zero-order valence-corrected chi connectivity index (χ0v) is 13.4. The number of amides is 1. The van der Waals surface area contributed by atoms with Gasteiger partial charge in [-0.2, -0.15) is 11.3 Å². The summed E-state index contributed by atoms with van der Waals surface area (Å²) in [5, 5.41) is 19.9. The van der Waals surface area contributed by atoms with Crippen molar-refractivity contribution in [2.75, 3.05) is 6.54 Å². The molecule has 2 N–H and O–H groups in total. The molecule has 2 aromatic rings. The van der Waals surface area contributed by atoms with E-state index in [1.807, 2.05) is 34.3 Å². The number of hydrogen-bond donors (Lipinski definition) is 2. The van der Waals surface area contributed by atoms with Gasteiger partial charge in [-0.1, -0.05) is 18.9 Å². The van der Waals surface area contributed by atoms with Crippen molar-refractivity contribution in [3.8, 4) is 0 Å². The molecule has 1 aliphatic rings. The molecule has 0 aliphatic heterocycles. The monoisotopic (exact) mass is 321 g/mol. The molecule has 2 heterocycles. The molecule has 3 nitrogen and oxygen atoms in total. The van der Waals surface area contributed by atoms with Gasteiger partial charge >= 0.3 is 0 Å². The Morgan fingerprint density at radius 3 is 2.76 bits per heavy atom. The Morgan fingerprint density at radius 2 is 2.14 bits per heavy atom. The topological polar surface area (TPSA) is 49.3 Å². The van der Waals surface area contributed by atoms with Gasteiger partial charge in [-0.05, 0) is 41.1 Å². The summed E-state index contributed by atoms with van der Waals surface area (Å²) < 4.78 is 0. The number of hydrogen-bond acceptors (Lipinski definition) is 4. The Kier molecular flexibility index (Phi) is 4.42. The van der Waals surface area contributed by atoms with E-state index in [-0.39, 0.29) is 18.4 Å². The first-order chi connectivity index (χ1) is 10.2. The predicted octanol–water partition coefficient (Wildman–Crippen LogP) is 3.35. The number of nitrogens with one attached hydrogen (secondary N) is 1. The highest BCUT2D eigenvalue weighted by Crippen LogP contribution is 2.34. The van der Waals surface area contributed by atoms with Crippen molar-refractivity contribution >= 4 is 28.6 Å². The van der Waals surface area contributed by atoms with Crippen molar-refractivity contribution in [3.63, 3.8) is 0 Å². The van der Waals surface area contributed by atoms with Crippen molar-refractivity contribution in [1.29, 1.82) is 0 Å². The number of rotatable bonds is 5. The lowest BCUT2D eigenvalue weighted by Gasteiger charge is -2.27. The molecule has 0 radical (unpaired) electrons. The van der Waals surface area contributed by atoms with Gasteiger partial charge in [-0.15, -0.1) is 11.3 Å². The van der Waals surface area contributed by atoms with E-state index in [4.69, 9.17) is 0 Å². The maximum absolute atomic E-state index is 12.2. The van der Waals surface area contributed by atoms with E-state index in [0.29, 0.717) is 0 Å². The lowest BCUT2D eigenvalue weighted by Crippen LogP contribution is -2.42. The summed E-state index contributed by atoms with van der Waals surface area (Å²) in [5.41, 5.74) is -0.274. The van der Waals surface area contributed by atoms with Crippen molar-refractivity contribution in [2.45, 2.75) is 31.3 Å². The average molecular weight is 321 g/mol. The van der Waals surface area contributed by atoms with Crippen LogP contribution in [0.1, 0.15) is 36.1 Å². The first kappa shape index (κ1) is 14.8. The molecule has 21 heavy (non-hydrogen) atoms. The Bertz CT molecular complexity index is 537.